The molecule has 0 aromatic heterocycles. The molecule has 0 radical (unpaired) electrons. The van der Waals surface area contributed by atoms with Gasteiger partial charge in [0, 0.05) is 25.6 Å². The van der Waals surface area contributed by atoms with Crippen molar-refractivity contribution in [3.63, 3.8) is 0 Å². The molecule has 4 atom stereocenters. The summed E-state index contributed by atoms with van der Waals surface area (Å²) in [6.45, 7) is 4.82. The Labute approximate surface area is 178 Å². The second-order valence-electron chi connectivity index (χ2n) is 8.51. The Kier molecular flexibility index (Phi) is 7.34. The topological polar surface area (TPSA) is 84.9 Å². The molecule has 30 heavy (non-hydrogen) atoms. The van der Waals surface area contributed by atoms with E-state index >= 15 is 0 Å². The van der Waals surface area contributed by atoms with Gasteiger partial charge in [0.2, 0.25) is 5.91 Å². The van der Waals surface area contributed by atoms with Crippen LogP contribution in [0.1, 0.15) is 45.1 Å². The van der Waals surface area contributed by atoms with Gasteiger partial charge in [0.25, 0.3) is 5.91 Å². The number of methoxy groups -OCH3 is 1. The highest BCUT2D eigenvalue weighted by atomic mass is 16.5. The number of nitrogens with zero attached hydrogens (tertiary/aromatic N) is 1. The summed E-state index contributed by atoms with van der Waals surface area (Å²) in [5.41, 5.74) is 0.920. The third-order valence-electron chi connectivity index (χ3n) is 6.55. The smallest absolute Gasteiger partial charge is 0.311 e. The van der Waals surface area contributed by atoms with Crippen LogP contribution in [0, 0.1) is 17.8 Å². The first kappa shape index (κ1) is 22.1. The molecule has 7 nitrogen and oxygen atoms in total. The van der Waals surface area contributed by atoms with Crippen LogP contribution in [0.15, 0.2) is 24.3 Å². The van der Waals surface area contributed by atoms with Crippen molar-refractivity contribution < 1.29 is 23.9 Å². The molecule has 1 heterocycles. The molecule has 7 heteroatoms. The van der Waals surface area contributed by atoms with Crippen LogP contribution in [0.4, 0.5) is 0 Å². The van der Waals surface area contributed by atoms with Crippen LogP contribution in [0.2, 0.25) is 0 Å². The number of hydrogen-bond acceptors (Lipinski definition) is 5. The molecule has 1 saturated carbocycles. The molecular formula is C23H32N2O5. The predicted molar refractivity (Wildman–Crippen MR) is 112 cm³/mol. The van der Waals surface area contributed by atoms with Gasteiger partial charge in [0.15, 0.2) is 6.61 Å². The molecule has 164 valence electrons. The maximum absolute atomic E-state index is 12.5. The number of likely N-dealkylation sites (tertiary alicyclic amines) is 1. The molecule has 1 aromatic rings. The normalized spacial score (nSPS) is 26.4. The zero-order valence-electron chi connectivity index (χ0n) is 18.1. The van der Waals surface area contributed by atoms with Crippen molar-refractivity contribution in [2.24, 2.45) is 17.8 Å². The Morgan fingerprint density at radius 2 is 1.90 bits per heavy atom. The number of carbonyl (C=O) groups is 3. The summed E-state index contributed by atoms with van der Waals surface area (Å²) < 4.78 is 10.3. The summed E-state index contributed by atoms with van der Waals surface area (Å²) in [4.78, 5) is 38.8. The molecule has 2 amide bonds. The molecule has 1 aliphatic heterocycles. The standard InChI is InChI=1S/C23H32N2O5/c1-15-5-4-6-20(16(15)2)25-13-18(11-22(25)27)23(28)30-14-21(26)24-12-17-7-9-19(29-3)10-8-17/h7-10,15-16,18,20H,4-6,11-14H2,1-3H3,(H,24,26)/t15-,16+,18+,20-/m0/s1. The lowest BCUT2D eigenvalue weighted by Gasteiger charge is -2.39. The van der Waals surface area contributed by atoms with E-state index in [2.05, 4.69) is 19.2 Å². The van der Waals surface area contributed by atoms with E-state index in [0.29, 0.717) is 24.9 Å². The monoisotopic (exact) mass is 416 g/mol. The Hall–Kier alpha value is -2.57. The largest absolute Gasteiger partial charge is 0.497 e. The van der Waals surface area contributed by atoms with E-state index in [-0.39, 0.29) is 30.9 Å². The predicted octanol–water partition coefficient (Wildman–Crippen LogP) is 2.53. The first-order chi connectivity index (χ1) is 14.4. The number of hydrogen-bond donors (Lipinski definition) is 1. The van der Waals surface area contributed by atoms with E-state index < -0.39 is 11.9 Å². The number of rotatable bonds is 7. The fourth-order valence-electron chi connectivity index (χ4n) is 4.45. The molecule has 2 aliphatic rings. The van der Waals surface area contributed by atoms with Crippen LogP contribution in [0.25, 0.3) is 0 Å². The van der Waals surface area contributed by atoms with Crippen LogP contribution in [-0.4, -0.2) is 49.0 Å². The molecule has 0 bridgehead atoms. The summed E-state index contributed by atoms with van der Waals surface area (Å²) in [6.07, 6.45) is 3.47. The van der Waals surface area contributed by atoms with Crippen LogP contribution < -0.4 is 10.1 Å². The van der Waals surface area contributed by atoms with Crippen molar-refractivity contribution in [1.29, 1.82) is 0 Å². The highest BCUT2D eigenvalue weighted by Gasteiger charge is 2.42. The minimum absolute atomic E-state index is 0.0202. The van der Waals surface area contributed by atoms with Crippen molar-refractivity contribution >= 4 is 17.8 Å². The number of esters is 1. The average Bonchev–Trinajstić information content (AvgIpc) is 3.14. The average molecular weight is 417 g/mol. The molecule has 1 aromatic carbocycles. The third-order valence-corrected chi connectivity index (χ3v) is 6.55. The van der Waals surface area contributed by atoms with Crippen molar-refractivity contribution in [2.45, 2.75) is 52.1 Å². The third kappa shape index (κ3) is 5.32. The van der Waals surface area contributed by atoms with Crippen molar-refractivity contribution in [3.05, 3.63) is 29.8 Å². The van der Waals surface area contributed by atoms with Gasteiger partial charge in [0.1, 0.15) is 5.75 Å². The van der Waals surface area contributed by atoms with E-state index in [9.17, 15) is 14.4 Å². The molecular weight excluding hydrogens is 384 g/mol. The Balaban J connectivity index is 1.43. The summed E-state index contributed by atoms with van der Waals surface area (Å²) in [7, 11) is 1.60. The summed E-state index contributed by atoms with van der Waals surface area (Å²) in [5, 5.41) is 2.73. The van der Waals surface area contributed by atoms with Crippen molar-refractivity contribution in [2.75, 3.05) is 20.3 Å². The summed E-state index contributed by atoms with van der Waals surface area (Å²) in [5.74, 6) is 0.453. The zero-order valence-corrected chi connectivity index (χ0v) is 18.1. The first-order valence-electron chi connectivity index (χ1n) is 10.7. The van der Waals surface area contributed by atoms with Gasteiger partial charge in [-0.05, 0) is 36.0 Å². The Morgan fingerprint density at radius 3 is 2.60 bits per heavy atom. The second kappa shape index (κ2) is 9.96. The van der Waals surface area contributed by atoms with Crippen molar-refractivity contribution in [3.8, 4) is 5.75 Å². The van der Waals surface area contributed by atoms with Gasteiger partial charge in [-0.25, -0.2) is 0 Å². The lowest BCUT2D eigenvalue weighted by atomic mass is 9.77. The second-order valence-corrected chi connectivity index (χ2v) is 8.51. The van der Waals surface area contributed by atoms with Crippen LogP contribution in [0.3, 0.4) is 0 Å². The number of ether oxygens (including phenoxy) is 2. The highest BCUT2D eigenvalue weighted by molar-refractivity contribution is 5.88. The van der Waals surface area contributed by atoms with E-state index in [1.54, 1.807) is 7.11 Å². The minimum atomic E-state index is -0.490. The number of carbonyl (C=O) groups excluding carboxylic acids is 3. The first-order valence-corrected chi connectivity index (χ1v) is 10.7. The highest BCUT2D eigenvalue weighted by Crippen LogP contribution is 2.35. The fraction of sp³-hybridized carbons (Fsp3) is 0.609. The fourth-order valence-corrected chi connectivity index (χ4v) is 4.45. The van der Waals surface area contributed by atoms with Crippen molar-refractivity contribution in [1.82, 2.24) is 10.2 Å². The summed E-state index contributed by atoms with van der Waals surface area (Å²) in [6, 6.07) is 7.55. The Bertz CT molecular complexity index is 763. The Morgan fingerprint density at radius 1 is 1.17 bits per heavy atom. The lowest BCUT2D eigenvalue weighted by Crippen LogP contribution is -2.45. The van der Waals surface area contributed by atoms with Gasteiger partial charge in [0.05, 0.1) is 13.0 Å². The molecule has 1 N–H and O–H groups in total. The van der Waals surface area contributed by atoms with E-state index in [4.69, 9.17) is 9.47 Å². The van der Waals surface area contributed by atoms with Gasteiger partial charge in [-0.3, -0.25) is 14.4 Å². The quantitative estimate of drug-likeness (QED) is 0.691. The van der Waals surface area contributed by atoms with Crippen LogP contribution >= 0.6 is 0 Å². The van der Waals surface area contributed by atoms with E-state index in [0.717, 1.165) is 24.2 Å². The van der Waals surface area contributed by atoms with Gasteiger partial charge >= 0.3 is 5.97 Å². The molecule has 3 rings (SSSR count). The van der Waals surface area contributed by atoms with Crippen LogP contribution in [0.5, 0.6) is 5.75 Å². The van der Waals surface area contributed by atoms with E-state index in [1.165, 1.54) is 6.42 Å². The SMILES string of the molecule is COc1ccc(CNC(=O)COC(=O)[C@@H]2CC(=O)N([C@H]3CCC[C@H](C)[C@H]3C)C2)cc1. The molecule has 1 saturated heterocycles. The van der Waals surface area contributed by atoms with Gasteiger partial charge in [-0.15, -0.1) is 0 Å². The van der Waals surface area contributed by atoms with Gasteiger partial charge in [-0.1, -0.05) is 38.8 Å². The summed E-state index contributed by atoms with van der Waals surface area (Å²) >= 11 is 0. The zero-order chi connectivity index (χ0) is 21.7. The van der Waals surface area contributed by atoms with Gasteiger partial charge in [-0.2, -0.15) is 0 Å². The molecule has 1 aliphatic carbocycles. The number of benzene rings is 1. The van der Waals surface area contributed by atoms with E-state index in [1.807, 2.05) is 29.2 Å². The maximum Gasteiger partial charge on any atom is 0.311 e. The van der Waals surface area contributed by atoms with Gasteiger partial charge < -0.3 is 19.7 Å². The lowest BCUT2D eigenvalue weighted by molar-refractivity contribution is -0.152. The van der Waals surface area contributed by atoms with Crippen LogP contribution in [-0.2, 0) is 25.7 Å². The molecule has 0 spiro atoms. The maximum atomic E-state index is 12.5. The molecule has 2 fully saturated rings. The minimum Gasteiger partial charge on any atom is -0.497 e. The number of nitrogens with one attached hydrogen (secondary N) is 1. The number of amides is 2. The molecule has 0 unspecified atom stereocenters.